The molecule has 28 heavy (non-hydrogen) atoms. The molecule has 7 nitrogen and oxygen atoms in total. The molecule has 2 aromatic rings. The van der Waals surface area contributed by atoms with Crippen LogP contribution in [0.25, 0.3) is 0 Å². The zero-order valence-corrected chi connectivity index (χ0v) is 16.4. The lowest BCUT2D eigenvalue weighted by Gasteiger charge is -2.34. The van der Waals surface area contributed by atoms with Gasteiger partial charge < -0.3 is 19.5 Å². The number of rotatable bonds is 4. The maximum absolute atomic E-state index is 11.5. The molecular weight excluding hydrogens is 382 g/mol. The van der Waals surface area contributed by atoms with E-state index in [1.807, 2.05) is 19.1 Å². The van der Waals surface area contributed by atoms with Crippen LogP contribution in [0, 0.1) is 6.92 Å². The van der Waals surface area contributed by atoms with Gasteiger partial charge in [0, 0.05) is 37.6 Å². The summed E-state index contributed by atoms with van der Waals surface area (Å²) in [6, 6.07) is 5.71. The van der Waals surface area contributed by atoms with Crippen LogP contribution in [0.5, 0.6) is 11.5 Å². The molecule has 0 spiro atoms. The van der Waals surface area contributed by atoms with Crippen LogP contribution in [-0.2, 0) is 17.8 Å². The predicted octanol–water partition coefficient (Wildman–Crippen LogP) is 2.83. The molecule has 0 radical (unpaired) electrons. The summed E-state index contributed by atoms with van der Waals surface area (Å²) in [5, 5.41) is 9.70. The number of carbonyl (C=O) groups excluding carboxylic acids is 1. The van der Waals surface area contributed by atoms with E-state index >= 15 is 0 Å². The van der Waals surface area contributed by atoms with E-state index < -0.39 is 0 Å². The number of hydrogen-bond donors (Lipinski definition) is 1. The first-order chi connectivity index (χ1) is 13.5. The highest BCUT2D eigenvalue weighted by molar-refractivity contribution is 6.30. The molecule has 1 fully saturated rings. The number of fused-ring (bicyclic) bond motifs is 1. The molecular formula is C20H22ClN3O4. The molecule has 2 aliphatic rings. The van der Waals surface area contributed by atoms with E-state index in [1.54, 1.807) is 6.07 Å². The van der Waals surface area contributed by atoms with Gasteiger partial charge in [0.25, 0.3) is 0 Å². The largest absolute Gasteiger partial charge is 0.490 e. The summed E-state index contributed by atoms with van der Waals surface area (Å²) in [4.78, 5) is 22.1. The number of hydrogen-bond acceptors (Lipinski definition) is 7. The van der Waals surface area contributed by atoms with Crippen molar-refractivity contribution in [3.63, 3.8) is 0 Å². The molecule has 0 amide bonds. The number of aliphatic hydroxyl groups excluding tert-OH is 1. The minimum atomic E-state index is -0.241. The smallest absolute Gasteiger partial charge is 0.311 e. The molecule has 148 valence electrons. The molecule has 1 aromatic heterocycles. The number of carbonyl (C=O) groups is 1. The molecule has 0 aliphatic carbocycles. The number of aryl methyl sites for hydroxylation is 1. The minimum absolute atomic E-state index is 0.0727. The number of halogens is 1. The summed E-state index contributed by atoms with van der Waals surface area (Å²) in [5.41, 5.74) is 1.85. The zero-order chi connectivity index (χ0) is 19.7. The monoisotopic (exact) mass is 403 g/mol. The first kappa shape index (κ1) is 19.0. The minimum Gasteiger partial charge on any atom is -0.490 e. The van der Waals surface area contributed by atoms with Gasteiger partial charge in [-0.2, -0.15) is 0 Å². The van der Waals surface area contributed by atoms with E-state index in [9.17, 15) is 9.90 Å². The third-order valence-electron chi connectivity index (χ3n) is 5.15. The fourth-order valence-corrected chi connectivity index (χ4v) is 3.78. The molecule has 2 aliphatic heterocycles. The Labute approximate surface area is 168 Å². The van der Waals surface area contributed by atoms with E-state index in [1.165, 1.54) is 0 Å². The van der Waals surface area contributed by atoms with Gasteiger partial charge >= 0.3 is 5.97 Å². The second-order valence-corrected chi connectivity index (χ2v) is 7.44. The van der Waals surface area contributed by atoms with Crippen molar-refractivity contribution in [3.8, 4) is 11.5 Å². The maximum Gasteiger partial charge on any atom is 0.311 e. The van der Waals surface area contributed by atoms with Crippen LogP contribution in [0.15, 0.2) is 18.2 Å². The Hall–Kier alpha value is -2.38. The van der Waals surface area contributed by atoms with Gasteiger partial charge in [-0.3, -0.25) is 4.79 Å². The van der Waals surface area contributed by atoms with Crippen molar-refractivity contribution in [2.24, 2.45) is 0 Å². The zero-order valence-electron chi connectivity index (χ0n) is 15.7. The van der Waals surface area contributed by atoms with Gasteiger partial charge in [-0.1, -0.05) is 17.7 Å². The van der Waals surface area contributed by atoms with Crippen LogP contribution in [0.3, 0.4) is 0 Å². The van der Waals surface area contributed by atoms with Gasteiger partial charge in [0.05, 0.1) is 6.42 Å². The molecule has 3 heterocycles. The quantitative estimate of drug-likeness (QED) is 0.477. The Morgan fingerprint density at radius 3 is 2.82 bits per heavy atom. The van der Waals surface area contributed by atoms with Gasteiger partial charge in [0.1, 0.15) is 35.2 Å². The van der Waals surface area contributed by atoms with Gasteiger partial charge in [0.2, 0.25) is 0 Å². The first-order valence-electron chi connectivity index (χ1n) is 9.42. The highest BCUT2D eigenvalue weighted by Crippen LogP contribution is 2.32. The fourth-order valence-electron chi connectivity index (χ4n) is 3.60. The van der Waals surface area contributed by atoms with Gasteiger partial charge in [-0.15, -0.1) is 0 Å². The second kappa shape index (κ2) is 7.93. The number of piperidine rings is 1. The Morgan fingerprint density at radius 2 is 2.07 bits per heavy atom. The van der Waals surface area contributed by atoms with Crippen molar-refractivity contribution in [1.29, 1.82) is 0 Å². The van der Waals surface area contributed by atoms with E-state index in [-0.39, 0.29) is 18.7 Å². The molecule has 8 heteroatoms. The predicted molar refractivity (Wildman–Crippen MR) is 104 cm³/mol. The molecule has 1 saturated heterocycles. The second-order valence-electron chi connectivity index (χ2n) is 7.09. The summed E-state index contributed by atoms with van der Waals surface area (Å²) in [7, 11) is 0. The van der Waals surface area contributed by atoms with Crippen LogP contribution in [-0.4, -0.2) is 40.2 Å². The van der Waals surface area contributed by atoms with Crippen LogP contribution in [0.1, 0.15) is 36.2 Å². The summed E-state index contributed by atoms with van der Waals surface area (Å²) in [5.74, 6) is 2.22. The number of anilines is 1. The molecule has 0 atom stereocenters. The number of benzene rings is 1. The molecule has 4 rings (SSSR count). The molecule has 0 unspecified atom stereocenters. The molecule has 1 aromatic carbocycles. The SMILES string of the molecule is Cc1c(Cl)nc(CO)nc1N1CCC(Oc2ccc3c(c2)OC(=O)CC3)CC1. The van der Waals surface area contributed by atoms with E-state index in [0.29, 0.717) is 29.6 Å². The topological polar surface area (TPSA) is 84.8 Å². The van der Waals surface area contributed by atoms with E-state index in [2.05, 4.69) is 14.9 Å². The van der Waals surface area contributed by atoms with Crippen molar-refractivity contribution in [1.82, 2.24) is 9.97 Å². The van der Waals surface area contributed by atoms with Crippen molar-refractivity contribution < 1.29 is 19.4 Å². The lowest BCUT2D eigenvalue weighted by Crippen LogP contribution is -2.39. The van der Waals surface area contributed by atoms with E-state index in [4.69, 9.17) is 21.1 Å². The number of ether oxygens (including phenoxy) is 2. The normalized spacial score (nSPS) is 17.2. The summed E-state index contributed by atoms with van der Waals surface area (Å²) in [6.45, 7) is 3.18. The number of aliphatic hydroxyl groups is 1. The van der Waals surface area contributed by atoms with Crippen molar-refractivity contribution >= 4 is 23.4 Å². The third kappa shape index (κ3) is 3.91. The van der Waals surface area contributed by atoms with Crippen LogP contribution in [0.2, 0.25) is 5.15 Å². The highest BCUT2D eigenvalue weighted by atomic mass is 35.5. The standard InChI is InChI=1S/C20H22ClN3O4/c1-12-19(21)22-17(11-25)23-20(12)24-8-6-14(7-9-24)27-15-4-2-13-3-5-18(26)28-16(13)10-15/h2,4,10,14,25H,3,5-9,11H2,1H3. The van der Waals surface area contributed by atoms with Gasteiger partial charge in [0.15, 0.2) is 5.82 Å². The first-order valence-corrected chi connectivity index (χ1v) is 9.80. The van der Waals surface area contributed by atoms with Crippen molar-refractivity contribution in [3.05, 3.63) is 40.3 Å². The Morgan fingerprint density at radius 1 is 1.29 bits per heavy atom. The fraction of sp³-hybridized carbons (Fsp3) is 0.450. The van der Waals surface area contributed by atoms with Crippen LogP contribution < -0.4 is 14.4 Å². The number of esters is 1. The van der Waals surface area contributed by atoms with Crippen LogP contribution in [0.4, 0.5) is 5.82 Å². The lowest BCUT2D eigenvalue weighted by molar-refractivity contribution is -0.135. The third-order valence-corrected chi connectivity index (χ3v) is 5.52. The average Bonchev–Trinajstić information content (AvgIpc) is 2.70. The summed E-state index contributed by atoms with van der Waals surface area (Å²) in [6.07, 6.45) is 2.86. The number of aromatic nitrogens is 2. The van der Waals surface area contributed by atoms with Crippen molar-refractivity contribution in [2.75, 3.05) is 18.0 Å². The lowest BCUT2D eigenvalue weighted by atomic mass is 10.1. The molecule has 1 N–H and O–H groups in total. The summed E-state index contributed by atoms with van der Waals surface area (Å²) < 4.78 is 11.4. The summed E-state index contributed by atoms with van der Waals surface area (Å²) >= 11 is 6.17. The van der Waals surface area contributed by atoms with Crippen molar-refractivity contribution in [2.45, 2.75) is 45.3 Å². The highest BCUT2D eigenvalue weighted by Gasteiger charge is 2.25. The molecule has 0 bridgehead atoms. The molecule has 0 saturated carbocycles. The Bertz CT molecular complexity index is 897. The maximum atomic E-state index is 11.5. The van der Waals surface area contributed by atoms with Crippen LogP contribution >= 0.6 is 11.6 Å². The van der Waals surface area contributed by atoms with Gasteiger partial charge in [-0.05, 0) is 25.0 Å². The Kier molecular flexibility index (Phi) is 5.37. The number of nitrogens with zero attached hydrogens (tertiary/aromatic N) is 3. The van der Waals surface area contributed by atoms with E-state index in [0.717, 1.165) is 48.6 Å². The Balaban J connectivity index is 1.41. The average molecular weight is 404 g/mol. The van der Waals surface area contributed by atoms with Gasteiger partial charge in [-0.25, -0.2) is 9.97 Å².